The van der Waals surface area contributed by atoms with E-state index in [0.717, 1.165) is 19.3 Å². The third-order valence-corrected chi connectivity index (χ3v) is 8.30. The highest BCUT2D eigenvalue weighted by Gasteiger charge is 2.59. The molecule has 28 heavy (non-hydrogen) atoms. The van der Waals surface area contributed by atoms with E-state index >= 15 is 0 Å². The van der Waals surface area contributed by atoms with Gasteiger partial charge in [0.25, 0.3) is 10.2 Å². The Hall–Kier alpha value is -1.84. The molecule has 152 valence electrons. The first-order chi connectivity index (χ1) is 13.2. The van der Waals surface area contributed by atoms with Crippen molar-refractivity contribution in [3.63, 3.8) is 0 Å². The van der Waals surface area contributed by atoms with E-state index in [2.05, 4.69) is 10.2 Å². The molecule has 1 atom stereocenters. The van der Waals surface area contributed by atoms with E-state index in [1.54, 1.807) is 23.5 Å². The topological polar surface area (TPSA) is 79.5 Å². The summed E-state index contributed by atoms with van der Waals surface area (Å²) in [6.07, 6.45) is 2.48. The van der Waals surface area contributed by atoms with Crippen LogP contribution in [0.25, 0.3) is 11.5 Å². The normalized spacial score (nSPS) is 22.3. The Kier molecular flexibility index (Phi) is 4.79. The van der Waals surface area contributed by atoms with Gasteiger partial charge in [0.1, 0.15) is 5.82 Å². The minimum absolute atomic E-state index is 0.0359. The summed E-state index contributed by atoms with van der Waals surface area (Å²) < 4.78 is 47.6. The lowest BCUT2D eigenvalue weighted by atomic mass is 9.92. The van der Waals surface area contributed by atoms with Crippen LogP contribution in [0.4, 0.5) is 4.39 Å². The Morgan fingerprint density at radius 2 is 2.00 bits per heavy atom. The maximum Gasteiger partial charge on any atom is 0.281 e. The molecule has 1 unspecified atom stereocenters. The Balaban J connectivity index is 1.43. The lowest BCUT2D eigenvalue weighted by Gasteiger charge is -2.35. The van der Waals surface area contributed by atoms with Crippen LogP contribution < -0.4 is 0 Å². The van der Waals surface area contributed by atoms with E-state index in [1.165, 1.54) is 16.4 Å². The summed E-state index contributed by atoms with van der Waals surface area (Å²) in [5.41, 5.74) is 0.597. The van der Waals surface area contributed by atoms with Gasteiger partial charge in [-0.2, -0.15) is 17.0 Å². The molecule has 1 aliphatic carbocycles. The molecule has 4 rings (SSSR count). The minimum Gasteiger partial charge on any atom is -0.420 e. The summed E-state index contributed by atoms with van der Waals surface area (Å²) in [5.74, 6) is 0.681. The van der Waals surface area contributed by atoms with E-state index in [0.29, 0.717) is 30.4 Å². The number of rotatable bonds is 5. The number of hydrogen-bond donors (Lipinski definition) is 0. The van der Waals surface area contributed by atoms with Gasteiger partial charge >= 0.3 is 0 Å². The third-order valence-electron chi connectivity index (χ3n) is 6.14. The Labute approximate surface area is 164 Å². The maximum absolute atomic E-state index is 13.4. The molecule has 2 aromatic rings. The van der Waals surface area contributed by atoms with Crippen LogP contribution in [0.2, 0.25) is 0 Å². The van der Waals surface area contributed by atoms with Crippen molar-refractivity contribution >= 4 is 10.2 Å². The molecule has 2 heterocycles. The largest absolute Gasteiger partial charge is 0.420 e. The summed E-state index contributed by atoms with van der Waals surface area (Å²) in [4.78, 5) is 0. The first kappa shape index (κ1) is 19.5. The Morgan fingerprint density at radius 1 is 1.29 bits per heavy atom. The number of piperidine rings is 1. The first-order valence-electron chi connectivity index (χ1n) is 9.55. The summed E-state index contributed by atoms with van der Waals surface area (Å²) >= 11 is 0. The van der Waals surface area contributed by atoms with E-state index < -0.39 is 10.2 Å². The molecule has 1 aliphatic heterocycles. The average Bonchev–Trinajstić information content (AvgIpc) is 3.13. The summed E-state index contributed by atoms with van der Waals surface area (Å²) in [6, 6.07) is 6.01. The number of halogens is 1. The van der Waals surface area contributed by atoms with Crippen LogP contribution in [-0.2, 0) is 10.2 Å². The van der Waals surface area contributed by atoms with Crippen molar-refractivity contribution in [3.8, 4) is 11.5 Å². The predicted octanol–water partition coefficient (Wildman–Crippen LogP) is 3.03. The van der Waals surface area contributed by atoms with Crippen LogP contribution >= 0.6 is 0 Å². The van der Waals surface area contributed by atoms with E-state index in [9.17, 15) is 12.8 Å². The number of benzene rings is 1. The second-order valence-electron chi connectivity index (χ2n) is 8.09. The summed E-state index contributed by atoms with van der Waals surface area (Å²) in [5, 5.41) is 8.24. The number of nitrogens with zero attached hydrogens (tertiary/aromatic N) is 4. The highest BCUT2D eigenvalue weighted by molar-refractivity contribution is 7.86. The standard InChI is InChI=1S/C19H25FN4O3S/c1-13(2)23(3)28(25,26)24-9-7-19(8-10-24)12-16(19)18-22-21-17(27-18)14-5-4-6-15(20)11-14/h4-6,11,13,16H,7-10,12H2,1-3H3. The second-order valence-corrected chi connectivity index (χ2v) is 10.1. The predicted molar refractivity (Wildman–Crippen MR) is 102 cm³/mol. The van der Waals surface area contributed by atoms with Gasteiger partial charge in [-0.25, -0.2) is 4.39 Å². The monoisotopic (exact) mass is 408 g/mol. The average molecular weight is 408 g/mol. The molecule has 7 nitrogen and oxygen atoms in total. The molecule has 0 amide bonds. The minimum atomic E-state index is -3.42. The second kappa shape index (κ2) is 6.89. The molecule has 9 heteroatoms. The van der Waals surface area contributed by atoms with Gasteiger partial charge in [0.15, 0.2) is 0 Å². The van der Waals surface area contributed by atoms with Crippen LogP contribution in [-0.4, -0.2) is 53.4 Å². The van der Waals surface area contributed by atoms with E-state index in [4.69, 9.17) is 4.42 Å². The fourth-order valence-electron chi connectivity index (χ4n) is 3.97. The van der Waals surface area contributed by atoms with Gasteiger partial charge in [-0.15, -0.1) is 10.2 Å². The molecule has 1 spiro atoms. The highest BCUT2D eigenvalue weighted by atomic mass is 32.2. The molecule has 1 aromatic carbocycles. The lowest BCUT2D eigenvalue weighted by molar-refractivity contribution is 0.231. The molecule has 0 bridgehead atoms. The molecule has 1 aromatic heterocycles. The zero-order valence-electron chi connectivity index (χ0n) is 16.3. The molecule has 1 saturated carbocycles. The van der Waals surface area contributed by atoms with Crippen molar-refractivity contribution in [2.75, 3.05) is 20.1 Å². The molecule has 2 aliphatic rings. The first-order valence-corrected chi connectivity index (χ1v) is 11.0. The van der Waals surface area contributed by atoms with Crippen molar-refractivity contribution in [1.29, 1.82) is 0 Å². The van der Waals surface area contributed by atoms with E-state index in [-0.39, 0.29) is 23.2 Å². The van der Waals surface area contributed by atoms with Gasteiger partial charge in [-0.1, -0.05) is 6.07 Å². The van der Waals surface area contributed by atoms with Gasteiger partial charge < -0.3 is 4.42 Å². The molecular weight excluding hydrogens is 383 g/mol. The molecule has 0 radical (unpaired) electrons. The van der Waals surface area contributed by atoms with Gasteiger partial charge in [0, 0.05) is 37.7 Å². The van der Waals surface area contributed by atoms with Crippen molar-refractivity contribution in [3.05, 3.63) is 36.0 Å². The van der Waals surface area contributed by atoms with Gasteiger partial charge in [-0.3, -0.25) is 0 Å². The number of hydrogen-bond acceptors (Lipinski definition) is 5. The smallest absolute Gasteiger partial charge is 0.281 e. The Bertz CT molecular complexity index is 967. The quantitative estimate of drug-likeness (QED) is 0.760. The molecule has 1 saturated heterocycles. The third kappa shape index (κ3) is 3.35. The van der Waals surface area contributed by atoms with Crippen LogP contribution in [0.3, 0.4) is 0 Å². The van der Waals surface area contributed by atoms with Crippen molar-refractivity contribution < 1.29 is 17.2 Å². The summed E-state index contributed by atoms with van der Waals surface area (Å²) in [6.45, 7) is 4.74. The highest BCUT2D eigenvalue weighted by Crippen LogP contribution is 2.64. The van der Waals surface area contributed by atoms with Gasteiger partial charge in [0.05, 0.1) is 0 Å². The Morgan fingerprint density at radius 3 is 2.64 bits per heavy atom. The SMILES string of the molecule is CC(C)N(C)S(=O)(=O)N1CCC2(CC1)CC2c1nnc(-c2cccc(F)c2)o1. The van der Waals surface area contributed by atoms with Crippen molar-refractivity contribution in [2.24, 2.45) is 5.41 Å². The fraction of sp³-hybridized carbons (Fsp3) is 0.579. The van der Waals surface area contributed by atoms with Crippen LogP contribution in [0.5, 0.6) is 0 Å². The molecular formula is C19H25FN4O3S. The molecule has 2 fully saturated rings. The zero-order valence-corrected chi connectivity index (χ0v) is 17.1. The fourth-order valence-corrected chi connectivity index (χ4v) is 5.51. The maximum atomic E-state index is 13.4. The van der Waals surface area contributed by atoms with Crippen LogP contribution in [0.15, 0.2) is 28.7 Å². The van der Waals surface area contributed by atoms with Gasteiger partial charge in [0.2, 0.25) is 11.8 Å². The van der Waals surface area contributed by atoms with Crippen molar-refractivity contribution in [1.82, 2.24) is 18.8 Å². The van der Waals surface area contributed by atoms with E-state index in [1.807, 2.05) is 13.8 Å². The zero-order chi connectivity index (χ0) is 20.1. The van der Waals surface area contributed by atoms with Gasteiger partial charge in [-0.05, 0) is 56.7 Å². The lowest BCUT2D eigenvalue weighted by Crippen LogP contribution is -2.48. The summed E-state index contributed by atoms with van der Waals surface area (Å²) in [7, 11) is -1.80. The van der Waals surface area contributed by atoms with Crippen LogP contribution in [0, 0.1) is 11.2 Å². The molecule has 0 N–H and O–H groups in total. The van der Waals surface area contributed by atoms with Crippen molar-refractivity contribution in [2.45, 2.75) is 45.1 Å². The van der Waals surface area contributed by atoms with Crippen LogP contribution in [0.1, 0.15) is 44.9 Å². The number of aromatic nitrogens is 2.